The van der Waals surface area contributed by atoms with Crippen molar-refractivity contribution in [1.29, 1.82) is 0 Å². The van der Waals surface area contributed by atoms with Gasteiger partial charge in [0.1, 0.15) is 0 Å². The minimum absolute atomic E-state index is 0.826. The minimum atomic E-state index is -0.826. The van der Waals surface area contributed by atoms with E-state index in [1.807, 2.05) is 0 Å². The fourth-order valence-electron chi connectivity index (χ4n) is 1.80. The smallest absolute Gasteiger partial charge is 0.0464 e. The predicted octanol–water partition coefficient (Wildman–Crippen LogP) is 4.70. The number of para-hydroxylation sites is 2. The van der Waals surface area contributed by atoms with Gasteiger partial charge in [-0.3, -0.25) is 0 Å². The van der Waals surface area contributed by atoms with Gasteiger partial charge in [-0.05, 0) is 12.1 Å². The molecule has 1 aromatic heterocycles. The van der Waals surface area contributed by atoms with E-state index >= 15 is 0 Å². The number of aromatic amines is 1. The van der Waals surface area contributed by atoms with Crippen LogP contribution in [0, 0.1) is 0 Å². The Bertz CT molecular complexity index is 541. The second-order valence-corrected chi connectivity index (χ2v) is 7.02. The van der Waals surface area contributed by atoms with Crippen molar-refractivity contribution in [1.82, 2.24) is 4.98 Å². The van der Waals surface area contributed by atoms with Gasteiger partial charge < -0.3 is 4.98 Å². The molecule has 3 rings (SSSR count). The van der Waals surface area contributed by atoms with E-state index in [0.717, 1.165) is 0 Å². The molecule has 4 heteroatoms. The number of halogens is 2. The number of benzene rings is 2. The Kier molecular flexibility index (Phi) is 4.46. The molecule has 0 saturated carbocycles. The van der Waals surface area contributed by atoms with Gasteiger partial charge in [0.15, 0.2) is 0 Å². The molecule has 0 saturated heterocycles. The van der Waals surface area contributed by atoms with Crippen LogP contribution >= 0.6 is 17.0 Å². The first-order chi connectivity index (χ1) is 7.86. The van der Waals surface area contributed by atoms with Crippen LogP contribution in [-0.2, 0) is 20.8 Å². The molecule has 1 N–H and O–H groups in total. The SMILES string of the molecule is [Cl][Zr][Cl].c1ccc2c(c1)[nH]c1ccccc12. The molecule has 0 bridgehead atoms. The van der Waals surface area contributed by atoms with Crippen molar-refractivity contribution >= 4 is 38.8 Å². The summed E-state index contributed by atoms with van der Waals surface area (Å²) in [6.45, 7) is 0. The molecule has 3 aromatic rings. The van der Waals surface area contributed by atoms with E-state index in [2.05, 4.69) is 53.5 Å². The van der Waals surface area contributed by atoms with Crippen molar-refractivity contribution in [2.24, 2.45) is 0 Å². The van der Waals surface area contributed by atoms with Gasteiger partial charge in [-0.25, -0.2) is 0 Å². The Morgan fingerprint density at radius 2 is 1.12 bits per heavy atom. The number of hydrogen-bond donors (Lipinski definition) is 1. The summed E-state index contributed by atoms with van der Waals surface area (Å²) < 4.78 is 0. The van der Waals surface area contributed by atoms with Gasteiger partial charge in [0.2, 0.25) is 0 Å². The largest absolute Gasteiger partial charge is 0.355 e. The Hall–Kier alpha value is -0.297. The van der Waals surface area contributed by atoms with Crippen LogP contribution in [0.1, 0.15) is 0 Å². The summed E-state index contributed by atoms with van der Waals surface area (Å²) in [5, 5.41) is 2.61. The first kappa shape index (κ1) is 12.2. The van der Waals surface area contributed by atoms with Crippen LogP contribution in [-0.4, -0.2) is 4.98 Å². The first-order valence-electron chi connectivity index (χ1n) is 4.78. The molecule has 1 nitrogen and oxygen atoms in total. The molecule has 16 heavy (non-hydrogen) atoms. The monoisotopic (exact) mass is 327 g/mol. The van der Waals surface area contributed by atoms with E-state index in [1.165, 1.54) is 21.8 Å². The zero-order valence-electron chi connectivity index (χ0n) is 8.37. The number of hydrogen-bond acceptors (Lipinski definition) is 0. The Morgan fingerprint density at radius 3 is 1.56 bits per heavy atom. The van der Waals surface area contributed by atoms with Crippen LogP contribution in [0.15, 0.2) is 48.5 Å². The fourth-order valence-corrected chi connectivity index (χ4v) is 1.80. The maximum absolute atomic E-state index is 4.93. The fraction of sp³-hybridized carbons (Fsp3) is 0. The van der Waals surface area contributed by atoms with Crippen LogP contribution < -0.4 is 0 Å². The molecule has 0 radical (unpaired) electrons. The van der Waals surface area contributed by atoms with Gasteiger partial charge >= 0.3 is 37.9 Å². The summed E-state index contributed by atoms with van der Waals surface area (Å²) in [4.78, 5) is 3.38. The molecule has 0 aliphatic carbocycles. The van der Waals surface area contributed by atoms with Crippen LogP contribution in [0.3, 0.4) is 0 Å². The van der Waals surface area contributed by atoms with Crippen molar-refractivity contribution in [2.45, 2.75) is 0 Å². The molecule has 0 aliphatic rings. The van der Waals surface area contributed by atoms with Gasteiger partial charge in [-0.15, -0.1) is 0 Å². The van der Waals surface area contributed by atoms with Gasteiger partial charge in [0.25, 0.3) is 0 Å². The topological polar surface area (TPSA) is 15.8 Å². The van der Waals surface area contributed by atoms with Crippen molar-refractivity contribution in [2.75, 3.05) is 0 Å². The third-order valence-electron chi connectivity index (χ3n) is 2.41. The molecule has 2 aromatic carbocycles. The molecule has 0 atom stereocenters. The van der Waals surface area contributed by atoms with E-state index in [0.29, 0.717) is 0 Å². The maximum atomic E-state index is 4.93. The van der Waals surface area contributed by atoms with Gasteiger partial charge in [0, 0.05) is 21.8 Å². The van der Waals surface area contributed by atoms with Crippen molar-refractivity contribution in [3.05, 3.63) is 48.5 Å². The van der Waals surface area contributed by atoms with Crippen molar-refractivity contribution in [3.8, 4) is 0 Å². The number of aromatic nitrogens is 1. The summed E-state index contributed by atoms with van der Waals surface area (Å²) >= 11 is -0.826. The van der Waals surface area contributed by atoms with Gasteiger partial charge in [-0.1, -0.05) is 36.4 Å². The molecular formula is C12H9Cl2NZr. The first-order valence-corrected chi connectivity index (χ1v) is 11.1. The normalized spacial score (nSPS) is 9.88. The van der Waals surface area contributed by atoms with E-state index < -0.39 is 20.8 Å². The summed E-state index contributed by atoms with van der Waals surface area (Å²) in [7, 11) is 9.87. The second kappa shape index (κ2) is 5.86. The summed E-state index contributed by atoms with van der Waals surface area (Å²) in [6.07, 6.45) is 0. The second-order valence-electron chi connectivity index (χ2n) is 3.29. The van der Waals surface area contributed by atoms with Crippen LogP contribution in [0.4, 0.5) is 0 Å². The number of rotatable bonds is 0. The van der Waals surface area contributed by atoms with E-state index in [1.54, 1.807) is 0 Å². The van der Waals surface area contributed by atoms with Crippen molar-refractivity contribution in [3.63, 3.8) is 0 Å². The van der Waals surface area contributed by atoms with Crippen LogP contribution in [0.5, 0.6) is 0 Å². The third kappa shape index (κ3) is 2.51. The number of fused-ring (bicyclic) bond motifs is 3. The molecule has 0 unspecified atom stereocenters. The summed E-state index contributed by atoms with van der Waals surface area (Å²) in [5.74, 6) is 0. The number of H-pyrrole nitrogens is 1. The molecule has 0 amide bonds. The van der Waals surface area contributed by atoms with Crippen LogP contribution in [0.25, 0.3) is 21.8 Å². The zero-order valence-corrected chi connectivity index (χ0v) is 12.3. The Labute approximate surface area is 112 Å². The minimum Gasteiger partial charge on any atom is -0.355 e. The molecule has 0 aliphatic heterocycles. The van der Waals surface area contributed by atoms with Crippen molar-refractivity contribution < 1.29 is 20.8 Å². The molecular weight excluding hydrogens is 320 g/mol. The summed E-state index contributed by atoms with van der Waals surface area (Å²) in [5.41, 5.74) is 2.42. The molecule has 0 fully saturated rings. The molecule has 0 spiro atoms. The van der Waals surface area contributed by atoms with E-state index in [-0.39, 0.29) is 0 Å². The standard InChI is InChI=1S/C12H9N.2ClH.Zr/c1-3-7-11-9(5-1)10-6-2-4-8-12(10)13-11;;;/h1-8,13H;2*1H;/q;;;+2/p-2. The summed E-state index contributed by atoms with van der Waals surface area (Å²) in [6, 6.07) is 16.8. The number of nitrogens with one attached hydrogen (secondary N) is 1. The van der Waals surface area contributed by atoms with Gasteiger partial charge in [-0.2, -0.15) is 0 Å². The Morgan fingerprint density at radius 1 is 0.750 bits per heavy atom. The maximum Gasteiger partial charge on any atom is 0.0464 e. The average Bonchev–Trinajstić information content (AvgIpc) is 2.68. The van der Waals surface area contributed by atoms with E-state index in [4.69, 9.17) is 17.0 Å². The van der Waals surface area contributed by atoms with Gasteiger partial charge in [0.05, 0.1) is 0 Å². The predicted molar refractivity (Wildman–Crippen MR) is 67.5 cm³/mol. The Balaban J connectivity index is 0.000000292. The quantitative estimate of drug-likeness (QED) is 0.615. The van der Waals surface area contributed by atoms with Crippen LogP contribution in [0.2, 0.25) is 0 Å². The molecule has 1 heterocycles. The molecule has 80 valence electrons. The third-order valence-corrected chi connectivity index (χ3v) is 2.41. The zero-order chi connectivity index (χ0) is 11.4. The van der Waals surface area contributed by atoms with E-state index in [9.17, 15) is 0 Å². The average molecular weight is 329 g/mol.